The Labute approximate surface area is 273 Å². The number of amides is 1. The summed E-state index contributed by atoms with van der Waals surface area (Å²) >= 11 is 0. The van der Waals surface area contributed by atoms with Crippen molar-refractivity contribution in [2.24, 2.45) is 5.92 Å². The summed E-state index contributed by atoms with van der Waals surface area (Å²) in [5.41, 5.74) is 10.3. The van der Waals surface area contributed by atoms with Crippen molar-refractivity contribution in [2.45, 2.75) is 32.1 Å². The summed E-state index contributed by atoms with van der Waals surface area (Å²) in [6.07, 6.45) is 2.15. The normalized spacial score (nSPS) is 18.3. The molecule has 2 aliphatic rings. The number of piperidine rings is 1. The number of rotatable bonds is 9. The number of pyridine rings is 1. The van der Waals surface area contributed by atoms with Gasteiger partial charge < -0.3 is 29.4 Å². The van der Waals surface area contributed by atoms with Crippen LogP contribution in [-0.2, 0) is 16.1 Å². The lowest BCUT2D eigenvalue weighted by Crippen LogP contribution is -2.60. The molecule has 11 nitrogen and oxygen atoms in total. The van der Waals surface area contributed by atoms with Crippen molar-refractivity contribution in [1.29, 1.82) is 0 Å². The number of nitrogens with zero attached hydrogens (tertiary/aromatic N) is 6. The minimum absolute atomic E-state index is 0.0485. The fourth-order valence-electron chi connectivity index (χ4n) is 6.28. The number of methoxy groups -OCH3 is 2. The largest absolute Gasteiger partial charge is 0.493 e. The van der Waals surface area contributed by atoms with Crippen molar-refractivity contribution in [2.75, 3.05) is 52.7 Å². The van der Waals surface area contributed by atoms with Crippen molar-refractivity contribution in [3.8, 4) is 40.3 Å². The highest BCUT2D eigenvalue weighted by Crippen LogP contribution is 2.41. The molecule has 0 radical (unpaired) electrons. The molecular weight excluding hydrogens is 601 g/mol. The molecule has 2 fully saturated rings. The lowest BCUT2D eigenvalue weighted by molar-refractivity contribution is -0.130. The molecule has 1 amide bonds. The Bertz CT molecular complexity index is 1860. The first-order valence-electron chi connectivity index (χ1n) is 15.5. The second-order valence-electron chi connectivity index (χ2n) is 11.7. The zero-order chi connectivity index (χ0) is 33.1. The Morgan fingerprint density at radius 3 is 2.72 bits per heavy atom. The highest BCUT2D eigenvalue weighted by atomic mass is 19.1. The van der Waals surface area contributed by atoms with E-state index in [4.69, 9.17) is 19.9 Å². The Hall–Kier alpha value is -4.99. The highest BCUT2D eigenvalue weighted by molar-refractivity contribution is 6.03. The number of aryl methyl sites for hydroxylation is 1. The second kappa shape index (κ2) is 13.8. The van der Waals surface area contributed by atoms with Crippen molar-refractivity contribution in [1.82, 2.24) is 29.3 Å². The third kappa shape index (κ3) is 6.50. The van der Waals surface area contributed by atoms with Gasteiger partial charge in [0.25, 0.3) is 0 Å². The molecule has 6 rings (SSSR count). The first-order valence-corrected chi connectivity index (χ1v) is 15.5. The van der Waals surface area contributed by atoms with Crippen LogP contribution in [-0.4, -0.2) is 94.4 Å². The number of alkyl halides is 1. The number of hydrogen-bond acceptors (Lipinski definition) is 9. The van der Waals surface area contributed by atoms with Crippen molar-refractivity contribution in [3.05, 3.63) is 66.8 Å². The SMILES string of the molecule is C=CC(=O)N1CC[C@H](N2CC(C#Cc3c(-c4ccc(Oc5cccc(C)n5)c(OC)c4)c4c(N)ncnc4n3CCOC)C2)[C@H](F)C1. The monoisotopic (exact) mass is 639 g/mol. The maximum Gasteiger partial charge on any atom is 0.246 e. The number of anilines is 1. The van der Waals surface area contributed by atoms with E-state index in [0.717, 1.165) is 22.5 Å². The van der Waals surface area contributed by atoms with E-state index in [-0.39, 0.29) is 24.4 Å². The van der Waals surface area contributed by atoms with Gasteiger partial charge in [-0.1, -0.05) is 24.6 Å². The van der Waals surface area contributed by atoms with Crippen molar-refractivity contribution >= 4 is 22.8 Å². The van der Waals surface area contributed by atoms with Crippen LogP contribution in [0.3, 0.4) is 0 Å². The van der Waals surface area contributed by atoms with Crippen LogP contribution in [0.15, 0.2) is 55.4 Å². The summed E-state index contributed by atoms with van der Waals surface area (Å²) in [5.74, 6) is 8.50. The number of carbonyl (C=O) groups is 1. The number of likely N-dealkylation sites (tertiary alicyclic amines) is 2. The number of nitrogens with two attached hydrogens (primary N) is 1. The molecule has 0 unspecified atom stereocenters. The zero-order valence-corrected chi connectivity index (χ0v) is 26.8. The van der Waals surface area contributed by atoms with Crippen molar-refractivity contribution < 1.29 is 23.4 Å². The zero-order valence-electron chi connectivity index (χ0n) is 26.8. The number of nitrogen functional groups attached to an aromatic ring is 1. The average molecular weight is 640 g/mol. The quantitative estimate of drug-likeness (QED) is 0.212. The van der Waals surface area contributed by atoms with Crippen molar-refractivity contribution in [3.63, 3.8) is 0 Å². The molecular formula is C35H38FN7O4. The van der Waals surface area contributed by atoms with E-state index in [0.29, 0.717) is 73.4 Å². The van der Waals surface area contributed by atoms with E-state index in [1.807, 2.05) is 41.8 Å². The minimum Gasteiger partial charge on any atom is -0.493 e. The molecule has 0 saturated carbocycles. The van der Waals surface area contributed by atoms with Gasteiger partial charge in [-0.2, -0.15) is 0 Å². The summed E-state index contributed by atoms with van der Waals surface area (Å²) in [5, 5.41) is 0.681. The van der Waals surface area contributed by atoms with Gasteiger partial charge >= 0.3 is 0 Å². The Balaban J connectivity index is 1.32. The first-order chi connectivity index (χ1) is 22.8. The molecule has 0 aliphatic carbocycles. The third-order valence-electron chi connectivity index (χ3n) is 8.68. The molecule has 12 heteroatoms. The highest BCUT2D eigenvalue weighted by Gasteiger charge is 2.39. The van der Waals surface area contributed by atoms with Gasteiger partial charge in [0, 0.05) is 62.6 Å². The van der Waals surface area contributed by atoms with Gasteiger partial charge in [0.1, 0.15) is 29.7 Å². The molecule has 2 saturated heterocycles. The van der Waals surface area contributed by atoms with E-state index in [1.165, 1.54) is 17.3 Å². The van der Waals surface area contributed by atoms with Gasteiger partial charge in [-0.25, -0.2) is 19.3 Å². The lowest BCUT2D eigenvalue weighted by Gasteiger charge is -2.46. The van der Waals surface area contributed by atoms with Crippen LogP contribution in [0.4, 0.5) is 10.2 Å². The molecule has 1 aromatic carbocycles. The van der Waals surface area contributed by atoms with Gasteiger partial charge in [0.2, 0.25) is 11.8 Å². The first kappa shape index (κ1) is 32.0. The molecule has 2 N–H and O–H groups in total. The fourth-order valence-corrected chi connectivity index (χ4v) is 6.28. The van der Waals surface area contributed by atoms with E-state index in [9.17, 15) is 4.79 Å². The van der Waals surface area contributed by atoms with Gasteiger partial charge in [-0.05, 0) is 49.1 Å². The molecule has 2 aliphatic heterocycles. The Kier molecular flexibility index (Phi) is 9.38. The van der Waals surface area contributed by atoms with Gasteiger partial charge in [0.05, 0.1) is 25.6 Å². The minimum atomic E-state index is -1.12. The summed E-state index contributed by atoms with van der Waals surface area (Å²) in [6, 6.07) is 11.0. The molecule has 47 heavy (non-hydrogen) atoms. The number of halogens is 1. The molecule has 2 atom stereocenters. The van der Waals surface area contributed by atoms with Gasteiger partial charge in [-0.15, -0.1) is 0 Å². The third-order valence-corrected chi connectivity index (χ3v) is 8.68. The molecule has 4 aromatic rings. The van der Waals surface area contributed by atoms with Crippen LogP contribution in [0, 0.1) is 24.7 Å². The van der Waals surface area contributed by atoms with Crippen LogP contribution < -0.4 is 15.2 Å². The van der Waals surface area contributed by atoms with Crippen LogP contribution >= 0.6 is 0 Å². The maximum atomic E-state index is 15.1. The smallest absolute Gasteiger partial charge is 0.246 e. The van der Waals surface area contributed by atoms with E-state index in [2.05, 4.69) is 38.3 Å². The number of hydrogen-bond donors (Lipinski definition) is 1. The van der Waals surface area contributed by atoms with Crippen LogP contribution in [0.25, 0.3) is 22.2 Å². The number of benzene rings is 1. The average Bonchev–Trinajstić information content (AvgIpc) is 3.37. The summed E-state index contributed by atoms with van der Waals surface area (Å²) in [4.78, 5) is 28.9. The van der Waals surface area contributed by atoms with E-state index < -0.39 is 6.17 Å². The van der Waals surface area contributed by atoms with Crippen LogP contribution in [0.2, 0.25) is 0 Å². The van der Waals surface area contributed by atoms with Gasteiger partial charge in [0.15, 0.2) is 11.5 Å². The topological polar surface area (TPSA) is 121 Å². The van der Waals surface area contributed by atoms with Crippen LogP contribution in [0.5, 0.6) is 17.4 Å². The summed E-state index contributed by atoms with van der Waals surface area (Å²) < 4.78 is 34.3. The molecule has 0 spiro atoms. The number of carbonyl (C=O) groups excluding carboxylic acids is 1. The number of aromatic nitrogens is 4. The molecule has 244 valence electrons. The molecule has 0 bridgehead atoms. The Morgan fingerprint density at radius 2 is 2.00 bits per heavy atom. The fraction of sp³-hybridized carbons (Fsp3) is 0.371. The molecule has 3 aromatic heterocycles. The number of ether oxygens (including phenoxy) is 3. The van der Waals surface area contributed by atoms with E-state index >= 15 is 4.39 Å². The standard InChI is InChI=1S/C35H38FN7O4/c1-5-31(44)41-14-13-26(25(36)20-41)42-18-23(19-42)9-11-27-32(33-34(37)38-21-39-35(33)43(27)15-16-45-3)24-10-12-28(29(17-24)46-4)47-30-8-6-7-22(2)40-30/h5-8,10,12,17,21,23,25-26H,1,13-16,18-20H2,2-4H3,(H2,37,38,39)/t25-,26+/m1/s1. The van der Waals surface area contributed by atoms with Crippen LogP contribution in [0.1, 0.15) is 17.8 Å². The number of fused-ring (bicyclic) bond motifs is 1. The summed E-state index contributed by atoms with van der Waals surface area (Å²) in [6.45, 7) is 8.25. The summed E-state index contributed by atoms with van der Waals surface area (Å²) in [7, 11) is 3.23. The van der Waals surface area contributed by atoms with E-state index in [1.54, 1.807) is 20.3 Å². The van der Waals surface area contributed by atoms with Gasteiger partial charge in [-0.3, -0.25) is 9.69 Å². The Morgan fingerprint density at radius 1 is 1.17 bits per heavy atom. The molecule has 5 heterocycles. The predicted molar refractivity (Wildman–Crippen MR) is 177 cm³/mol. The second-order valence-corrected chi connectivity index (χ2v) is 11.7. The maximum absolute atomic E-state index is 15.1. The lowest BCUT2D eigenvalue weighted by atomic mass is 9.92. The predicted octanol–water partition coefficient (Wildman–Crippen LogP) is 4.24.